The van der Waals surface area contributed by atoms with Crippen molar-refractivity contribution in [3.63, 3.8) is 0 Å². The molecule has 0 saturated heterocycles. The number of carboxylic acids is 1. The van der Waals surface area contributed by atoms with Crippen molar-refractivity contribution in [2.75, 3.05) is 0 Å². The van der Waals surface area contributed by atoms with E-state index in [1.807, 2.05) is 42.5 Å². The fourth-order valence-electron chi connectivity index (χ4n) is 2.62. The summed E-state index contributed by atoms with van der Waals surface area (Å²) < 4.78 is 5.73. The summed E-state index contributed by atoms with van der Waals surface area (Å²) >= 11 is 0. The summed E-state index contributed by atoms with van der Waals surface area (Å²) in [5, 5.41) is 9.05. The van der Waals surface area contributed by atoms with E-state index in [2.05, 4.69) is 17.1 Å². The molecule has 4 nitrogen and oxygen atoms in total. The molecule has 1 N–H and O–H groups in total. The highest BCUT2D eigenvalue weighted by molar-refractivity contribution is 5.92. The highest BCUT2D eigenvalue weighted by atomic mass is 16.4. The Morgan fingerprint density at radius 1 is 0.833 bits per heavy atom. The fourth-order valence-corrected chi connectivity index (χ4v) is 2.62. The number of carbonyl (C=O) groups is 1. The lowest BCUT2D eigenvalue weighted by molar-refractivity contribution is 0.0697. The van der Waals surface area contributed by atoms with Crippen molar-refractivity contribution in [3.05, 3.63) is 78.4 Å². The van der Waals surface area contributed by atoms with Crippen molar-refractivity contribution in [3.8, 4) is 22.6 Å². The van der Waals surface area contributed by atoms with Gasteiger partial charge in [0.1, 0.15) is 5.52 Å². The second-order valence-electron chi connectivity index (χ2n) is 5.45. The van der Waals surface area contributed by atoms with E-state index in [4.69, 9.17) is 9.52 Å². The quantitative estimate of drug-likeness (QED) is 0.586. The van der Waals surface area contributed by atoms with Gasteiger partial charge in [-0.2, -0.15) is 0 Å². The van der Waals surface area contributed by atoms with Gasteiger partial charge < -0.3 is 9.52 Å². The summed E-state index contributed by atoms with van der Waals surface area (Å²) in [5.74, 6) is -0.499. The first kappa shape index (κ1) is 14.2. The lowest BCUT2D eigenvalue weighted by Gasteiger charge is -2.02. The maximum Gasteiger partial charge on any atom is 0.335 e. The van der Waals surface area contributed by atoms with Crippen molar-refractivity contribution in [1.82, 2.24) is 4.98 Å². The Bertz CT molecular complexity index is 1020. The Morgan fingerprint density at radius 3 is 2.21 bits per heavy atom. The van der Waals surface area contributed by atoms with Crippen LogP contribution >= 0.6 is 0 Å². The molecule has 4 rings (SSSR count). The standard InChI is InChI=1S/C20H13NO3/c22-20(23)16-10-11-18-17(12-16)21-19(24-18)15-8-6-14(7-9-15)13-4-2-1-3-5-13/h1-12H,(H,22,23). The topological polar surface area (TPSA) is 63.3 Å². The van der Waals surface area contributed by atoms with Gasteiger partial charge in [-0.1, -0.05) is 42.5 Å². The summed E-state index contributed by atoms with van der Waals surface area (Å²) in [4.78, 5) is 15.4. The largest absolute Gasteiger partial charge is 0.478 e. The van der Waals surface area contributed by atoms with Gasteiger partial charge in [-0.3, -0.25) is 0 Å². The van der Waals surface area contributed by atoms with Crippen LogP contribution in [0, 0.1) is 0 Å². The number of aromatic nitrogens is 1. The van der Waals surface area contributed by atoms with Crippen LogP contribution in [-0.4, -0.2) is 16.1 Å². The van der Waals surface area contributed by atoms with Crippen molar-refractivity contribution in [1.29, 1.82) is 0 Å². The van der Waals surface area contributed by atoms with Gasteiger partial charge in [0.15, 0.2) is 5.58 Å². The molecule has 0 spiro atoms. The third kappa shape index (κ3) is 2.54. The van der Waals surface area contributed by atoms with Crippen molar-refractivity contribution in [2.24, 2.45) is 0 Å². The van der Waals surface area contributed by atoms with Crippen LogP contribution in [0.1, 0.15) is 10.4 Å². The zero-order valence-electron chi connectivity index (χ0n) is 12.6. The van der Waals surface area contributed by atoms with Crippen LogP contribution in [-0.2, 0) is 0 Å². The van der Waals surface area contributed by atoms with Gasteiger partial charge in [0, 0.05) is 5.56 Å². The number of nitrogens with zero attached hydrogens (tertiary/aromatic N) is 1. The van der Waals surface area contributed by atoms with Gasteiger partial charge in [0.05, 0.1) is 5.56 Å². The van der Waals surface area contributed by atoms with Crippen molar-refractivity contribution < 1.29 is 14.3 Å². The molecule has 1 heterocycles. The highest BCUT2D eigenvalue weighted by Gasteiger charge is 2.11. The predicted molar refractivity (Wildman–Crippen MR) is 91.8 cm³/mol. The summed E-state index contributed by atoms with van der Waals surface area (Å²) in [6, 6.07) is 22.7. The van der Waals surface area contributed by atoms with E-state index in [9.17, 15) is 4.79 Å². The minimum Gasteiger partial charge on any atom is -0.478 e. The molecule has 0 amide bonds. The molecular weight excluding hydrogens is 302 g/mol. The molecule has 0 aliphatic heterocycles. The Kier molecular flexibility index (Phi) is 3.35. The smallest absolute Gasteiger partial charge is 0.335 e. The number of oxazole rings is 1. The minimum atomic E-state index is -0.978. The monoisotopic (exact) mass is 315 g/mol. The van der Waals surface area contributed by atoms with Crippen LogP contribution in [0.2, 0.25) is 0 Å². The SMILES string of the molecule is O=C(O)c1ccc2oc(-c3ccc(-c4ccccc4)cc3)nc2c1. The van der Waals surface area contributed by atoms with E-state index in [-0.39, 0.29) is 5.56 Å². The molecule has 4 aromatic rings. The molecule has 3 aromatic carbocycles. The number of benzene rings is 3. The van der Waals surface area contributed by atoms with Crippen LogP contribution in [0.5, 0.6) is 0 Å². The maximum atomic E-state index is 11.0. The first-order valence-electron chi connectivity index (χ1n) is 7.50. The summed E-state index contributed by atoms with van der Waals surface area (Å²) in [5.41, 5.74) is 4.42. The van der Waals surface area contributed by atoms with Gasteiger partial charge in [-0.05, 0) is 41.5 Å². The van der Waals surface area contributed by atoms with E-state index in [0.717, 1.165) is 16.7 Å². The Labute approximate surface area is 138 Å². The van der Waals surface area contributed by atoms with Crippen LogP contribution in [0.4, 0.5) is 0 Å². The molecule has 116 valence electrons. The first-order chi connectivity index (χ1) is 11.7. The molecule has 0 bridgehead atoms. The van der Waals surface area contributed by atoms with E-state index >= 15 is 0 Å². The molecule has 0 aliphatic rings. The lowest BCUT2D eigenvalue weighted by Crippen LogP contribution is -1.94. The number of carboxylic acid groups (broad SMARTS) is 1. The number of hydrogen-bond donors (Lipinski definition) is 1. The maximum absolute atomic E-state index is 11.0. The average molecular weight is 315 g/mol. The summed E-state index contributed by atoms with van der Waals surface area (Å²) in [6.45, 7) is 0. The minimum absolute atomic E-state index is 0.196. The van der Waals surface area contributed by atoms with E-state index in [1.165, 1.54) is 12.1 Å². The second-order valence-corrected chi connectivity index (χ2v) is 5.45. The number of aromatic carboxylic acids is 1. The third-order valence-electron chi connectivity index (χ3n) is 3.87. The zero-order valence-corrected chi connectivity index (χ0v) is 12.6. The Morgan fingerprint density at radius 2 is 1.50 bits per heavy atom. The second kappa shape index (κ2) is 5.66. The Balaban J connectivity index is 1.71. The molecule has 1 aromatic heterocycles. The fraction of sp³-hybridized carbons (Fsp3) is 0. The molecule has 0 unspecified atom stereocenters. The van der Waals surface area contributed by atoms with E-state index in [0.29, 0.717) is 17.0 Å². The van der Waals surface area contributed by atoms with Gasteiger partial charge >= 0.3 is 5.97 Å². The van der Waals surface area contributed by atoms with Gasteiger partial charge in [-0.25, -0.2) is 9.78 Å². The summed E-state index contributed by atoms with van der Waals surface area (Å²) in [6.07, 6.45) is 0. The van der Waals surface area contributed by atoms with Crippen molar-refractivity contribution >= 4 is 17.1 Å². The lowest BCUT2D eigenvalue weighted by atomic mass is 10.0. The van der Waals surface area contributed by atoms with Crippen LogP contribution in [0.15, 0.2) is 77.2 Å². The predicted octanol–water partition coefficient (Wildman–Crippen LogP) is 4.86. The third-order valence-corrected chi connectivity index (χ3v) is 3.87. The average Bonchev–Trinajstić information content (AvgIpc) is 3.06. The normalized spacial score (nSPS) is 10.8. The molecule has 24 heavy (non-hydrogen) atoms. The van der Waals surface area contributed by atoms with Crippen LogP contribution in [0.3, 0.4) is 0 Å². The van der Waals surface area contributed by atoms with E-state index < -0.39 is 5.97 Å². The highest BCUT2D eigenvalue weighted by Crippen LogP contribution is 2.27. The van der Waals surface area contributed by atoms with Crippen molar-refractivity contribution in [2.45, 2.75) is 0 Å². The molecule has 0 fully saturated rings. The first-order valence-corrected chi connectivity index (χ1v) is 7.50. The molecular formula is C20H13NO3. The van der Waals surface area contributed by atoms with E-state index in [1.54, 1.807) is 6.07 Å². The molecule has 0 atom stereocenters. The molecule has 0 aliphatic carbocycles. The summed E-state index contributed by atoms with van der Waals surface area (Å²) in [7, 11) is 0. The molecule has 0 radical (unpaired) electrons. The number of fused-ring (bicyclic) bond motifs is 1. The zero-order chi connectivity index (χ0) is 16.5. The molecule has 4 heteroatoms. The van der Waals surface area contributed by atoms with Crippen LogP contribution in [0.25, 0.3) is 33.7 Å². The Hall–Kier alpha value is -3.40. The van der Waals surface area contributed by atoms with Gasteiger partial charge in [0.2, 0.25) is 5.89 Å². The van der Waals surface area contributed by atoms with Gasteiger partial charge in [0.25, 0.3) is 0 Å². The van der Waals surface area contributed by atoms with Crippen LogP contribution < -0.4 is 0 Å². The van der Waals surface area contributed by atoms with Gasteiger partial charge in [-0.15, -0.1) is 0 Å². The number of rotatable bonds is 3. The molecule has 0 saturated carbocycles. The number of hydrogen-bond acceptors (Lipinski definition) is 3.